The zero-order valence-electron chi connectivity index (χ0n) is 7.73. The SMILES string of the molecule is CC(=O)c1cc(Cl)c(C(C)=O)cc1Cl. The highest BCUT2D eigenvalue weighted by atomic mass is 35.5. The van der Waals surface area contributed by atoms with Gasteiger partial charge in [-0.15, -0.1) is 0 Å². The Hall–Kier alpha value is -0.860. The average Bonchev–Trinajstić information content (AvgIpc) is 2.07. The van der Waals surface area contributed by atoms with Crippen molar-refractivity contribution in [1.82, 2.24) is 0 Å². The maximum Gasteiger partial charge on any atom is 0.161 e. The zero-order chi connectivity index (χ0) is 10.9. The second kappa shape index (κ2) is 4.11. The third-order valence-corrected chi connectivity index (χ3v) is 2.44. The van der Waals surface area contributed by atoms with Gasteiger partial charge in [0.05, 0.1) is 10.0 Å². The summed E-state index contributed by atoms with van der Waals surface area (Å²) in [5.41, 5.74) is 0.670. The normalized spacial score (nSPS) is 10.0. The van der Waals surface area contributed by atoms with E-state index in [2.05, 4.69) is 0 Å². The number of Topliss-reactive ketones (excluding diaryl/α,β-unsaturated/α-hetero) is 2. The minimum atomic E-state index is -0.174. The highest BCUT2D eigenvalue weighted by Gasteiger charge is 2.12. The monoisotopic (exact) mass is 230 g/mol. The van der Waals surface area contributed by atoms with Crippen LogP contribution in [0.2, 0.25) is 10.0 Å². The third-order valence-electron chi connectivity index (χ3n) is 1.82. The van der Waals surface area contributed by atoms with Crippen molar-refractivity contribution < 1.29 is 9.59 Å². The van der Waals surface area contributed by atoms with Crippen LogP contribution in [0.1, 0.15) is 34.6 Å². The van der Waals surface area contributed by atoms with Gasteiger partial charge < -0.3 is 0 Å². The molecule has 0 heterocycles. The molecule has 4 heteroatoms. The summed E-state index contributed by atoms with van der Waals surface area (Å²) in [5.74, 6) is -0.348. The molecule has 2 nitrogen and oxygen atoms in total. The van der Waals surface area contributed by atoms with Crippen molar-refractivity contribution in [1.29, 1.82) is 0 Å². The number of rotatable bonds is 2. The summed E-state index contributed by atoms with van der Waals surface area (Å²) in [6.07, 6.45) is 0. The zero-order valence-corrected chi connectivity index (χ0v) is 9.24. The van der Waals surface area contributed by atoms with E-state index < -0.39 is 0 Å². The van der Waals surface area contributed by atoms with Gasteiger partial charge in [-0.2, -0.15) is 0 Å². The maximum absolute atomic E-state index is 11.1. The highest BCUT2D eigenvalue weighted by molar-refractivity contribution is 6.38. The minimum absolute atomic E-state index is 0.174. The minimum Gasteiger partial charge on any atom is -0.294 e. The van der Waals surface area contributed by atoms with Crippen molar-refractivity contribution in [3.8, 4) is 0 Å². The van der Waals surface area contributed by atoms with Crippen molar-refractivity contribution in [3.05, 3.63) is 33.3 Å². The Kier molecular flexibility index (Phi) is 3.29. The van der Waals surface area contributed by atoms with Crippen LogP contribution in [-0.2, 0) is 0 Å². The van der Waals surface area contributed by atoms with E-state index in [1.165, 1.54) is 26.0 Å². The molecule has 0 aromatic heterocycles. The van der Waals surface area contributed by atoms with Crippen LogP contribution >= 0.6 is 23.2 Å². The second-order valence-corrected chi connectivity index (χ2v) is 3.74. The van der Waals surface area contributed by atoms with Crippen LogP contribution in [0.5, 0.6) is 0 Å². The van der Waals surface area contributed by atoms with Gasteiger partial charge in [-0.25, -0.2) is 0 Å². The van der Waals surface area contributed by atoms with Crippen LogP contribution in [0.3, 0.4) is 0 Å². The van der Waals surface area contributed by atoms with E-state index in [1.54, 1.807) is 0 Å². The Bertz CT molecular complexity index is 371. The molecule has 0 fully saturated rings. The Balaban J connectivity index is 3.38. The van der Waals surface area contributed by atoms with Gasteiger partial charge >= 0.3 is 0 Å². The molecule has 0 saturated heterocycles. The van der Waals surface area contributed by atoms with E-state index in [4.69, 9.17) is 23.2 Å². The predicted octanol–water partition coefficient (Wildman–Crippen LogP) is 3.40. The van der Waals surface area contributed by atoms with Crippen molar-refractivity contribution in [3.63, 3.8) is 0 Å². The van der Waals surface area contributed by atoms with Gasteiger partial charge in [0.1, 0.15) is 0 Å². The summed E-state index contributed by atoms with van der Waals surface area (Å²) in [6, 6.07) is 2.84. The van der Waals surface area contributed by atoms with Crippen LogP contribution in [0.4, 0.5) is 0 Å². The lowest BCUT2D eigenvalue weighted by Crippen LogP contribution is -1.99. The van der Waals surface area contributed by atoms with Crippen LogP contribution in [-0.4, -0.2) is 11.6 Å². The number of halogens is 2. The number of carbonyl (C=O) groups is 2. The predicted molar refractivity (Wildman–Crippen MR) is 56.5 cm³/mol. The van der Waals surface area contributed by atoms with Gasteiger partial charge in [-0.1, -0.05) is 23.2 Å². The van der Waals surface area contributed by atoms with Gasteiger partial charge in [0.2, 0.25) is 0 Å². The van der Waals surface area contributed by atoms with Crippen LogP contribution < -0.4 is 0 Å². The van der Waals surface area contributed by atoms with Crippen molar-refractivity contribution >= 4 is 34.8 Å². The van der Waals surface area contributed by atoms with E-state index in [9.17, 15) is 9.59 Å². The van der Waals surface area contributed by atoms with Crippen LogP contribution in [0.25, 0.3) is 0 Å². The van der Waals surface area contributed by atoms with E-state index >= 15 is 0 Å². The van der Waals surface area contributed by atoms with Crippen LogP contribution in [0, 0.1) is 0 Å². The number of hydrogen-bond donors (Lipinski definition) is 0. The molecule has 1 aromatic carbocycles. The molecule has 74 valence electrons. The third kappa shape index (κ3) is 2.14. The second-order valence-electron chi connectivity index (χ2n) is 2.92. The van der Waals surface area contributed by atoms with E-state index in [0.717, 1.165) is 0 Å². The smallest absolute Gasteiger partial charge is 0.161 e. The molecular weight excluding hydrogens is 223 g/mol. The van der Waals surface area contributed by atoms with Gasteiger partial charge in [0.15, 0.2) is 11.6 Å². The molecule has 0 unspecified atom stereocenters. The Morgan fingerprint density at radius 1 is 0.929 bits per heavy atom. The standard InChI is InChI=1S/C10H8Cl2O2/c1-5(13)7-3-10(12)8(6(2)14)4-9(7)11/h3-4H,1-2H3. The van der Waals surface area contributed by atoms with Crippen molar-refractivity contribution in [2.24, 2.45) is 0 Å². The first-order chi connectivity index (χ1) is 6.43. The summed E-state index contributed by atoms with van der Waals surface area (Å²) < 4.78 is 0. The fourth-order valence-electron chi connectivity index (χ4n) is 1.09. The quantitative estimate of drug-likeness (QED) is 0.731. The molecule has 0 N–H and O–H groups in total. The van der Waals surface area contributed by atoms with Gasteiger partial charge in [0.25, 0.3) is 0 Å². The molecule has 0 saturated carbocycles. The molecule has 0 spiro atoms. The first-order valence-corrected chi connectivity index (χ1v) is 4.70. The van der Waals surface area contributed by atoms with Crippen molar-refractivity contribution in [2.75, 3.05) is 0 Å². The largest absolute Gasteiger partial charge is 0.294 e. The number of benzene rings is 1. The molecule has 0 bridgehead atoms. The molecule has 14 heavy (non-hydrogen) atoms. The van der Waals surface area contributed by atoms with E-state index in [1.807, 2.05) is 0 Å². The lowest BCUT2D eigenvalue weighted by Gasteiger charge is -2.04. The number of carbonyl (C=O) groups excluding carboxylic acids is 2. The summed E-state index contributed by atoms with van der Waals surface area (Å²) in [5, 5.41) is 0.513. The molecule has 0 radical (unpaired) electrons. The van der Waals surface area contributed by atoms with Gasteiger partial charge in [0, 0.05) is 11.1 Å². The number of hydrogen-bond acceptors (Lipinski definition) is 2. The summed E-state index contributed by atoms with van der Waals surface area (Å²) in [6.45, 7) is 2.79. The summed E-state index contributed by atoms with van der Waals surface area (Å²) in [7, 11) is 0. The summed E-state index contributed by atoms with van der Waals surface area (Å²) >= 11 is 11.6. The van der Waals surface area contributed by atoms with E-state index in [0.29, 0.717) is 11.1 Å². The Morgan fingerprint density at radius 2 is 1.21 bits per heavy atom. The van der Waals surface area contributed by atoms with Crippen LogP contribution in [0.15, 0.2) is 12.1 Å². The molecule has 0 aliphatic rings. The molecule has 0 aliphatic heterocycles. The lowest BCUT2D eigenvalue weighted by atomic mass is 10.1. The van der Waals surface area contributed by atoms with Crippen molar-refractivity contribution in [2.45, 2.75) is 13.8 Å². The molecule has 0 aliphatic carbocycles. The van der Waals surface area contributed by atoms with Gasteiger partial charge in [-0.3, -0.25) is 9.59 Å². The first-order valence-electron chi connectivity index (χ1n) is 3.94. The molecule has 1 aromatic rings. The molecule has 1 rings (SSSR count). The van der Waals surface area contributed by atoms with Gasteiger partial charge in [-0.05, 0) is 26.0 Å². The maximum atomic E-state index is 11.1. The first kappa shape index (κ1) is 11.2. The van der Waals surface area contributed by atoms with E-state index in [-0.39, 0.29) is 21.6 Å². The fraction of sp³-hybridized carbons (Fsp3) is 0.200. The molecule has 0 amide bonds. The lowest BCUT2D eigenvalue weighted by molar-refractivity contribution is 0.100. The molecule has 0 atom stereocenters. The molecular formula is C10H8Cl2O2. The topological polar surface area (TPSA) is 34.1 Å². The Labute approximate surface area is 91.8 Å². The average molecular weight is 231 g/mol. The summed E-state index contributed by atoms with van der Waals surface area (Å²) in [4.78, 5) is 22.1. The number of ketones is 2. The highest BCUT2D eigenvalue weighted by Crippen LogP contribution is 2.25. The fourth-order valence-corrected chi connectivity index (χ4v) is 1.68. The Morgan fingerprint density at radius 3 is 1.43 bits per heavy atom.